The quantitative estimate of drug-likeness (QED) is 0.884. The van der Waals surface area contributed by atoms with Gasteiger partial charge < -0.3 is 10.1 Å². The minimum atomic E-state index is 0.356. The summed E-state index contributed by atoms with van der Waals surface area (Å²) in [6, 6.07) is 0. The number of halogens is 1. The van der Waals surface area contributed by atoms with Crippen molar-refractivity contribution in [2.75, 3.05) is 13.1 Å². The molecule has 1 fully saturated rings. The van der Waals surface area contributed by atoms with Crippen molar-refractivity contribution in [1.82, 2.24) is 5.32 Å². The van der Waals surface area contributed by atoms with Crippen LogP contribution in [0.1, 0.15) is 12.0 Å². The van der Waals surface area contributed by atoms with Gasteiger partial charge in [0.15, 0.2) is 5.06 Å². The van der Waals surface area contributed by atoms with Crippen LogP contribution in [0.2, 0.25) is 0 Å². The molecule has 0 aromatic carbocycles. The summed E-state index contributed by atoms with van der Waals surface area (Å²) < 4.78 is 6.95. The highest BCUT2D eigenvalue weighted by molar-refractivity contribution is 9.10. The van der Waals surface area contributed by atoms with E-state index in [1.807, 2.05) is 0 Å². The molecule has 1 atom stereocenters. The van der Waals surface area contributed by atoms with Crippen molar-refractivity contribution >= 4 is 27.3 Å². The first-order valence-electron chi connectivity index (χ1n) is 4.38. The average molecular weight is 262 g/mol. The number of hydrogen-bond donors (Lipinski definition) is 1. The first-order chi connectivity index (χ1) is 6.27. The van der Waals surface area contributed by atoms with Crippen molar-refractivity contribution in [3.63, 3.8) is 0 Å². The Morgan fingerprint density at radius 2 is 2.54 bits per heavy atom. The molecule has 0 bridgehead atoms. The molecule has 0 radical (unpaired) electrons. The zero-order chi connectivity index (χ0) is 9.26. The van der Waals surface area contributed by atoms with E-state index in [-0.39, 0.29) is 0 Å². The zero-order valence-corrected chi connectivity index (χ0v) is 9.87. The Morgan fingerprint density at radius 1 is 1.69 bits per heavy atom. The lowest BCUT2D eigenvalue weighted by atomic mass is 10.3. The molecular formula is C9H12BrNOS. The molecule has 0 spiro atoms. The Kier molecular flexibility index (Phi) is 2.91. The van der Waals surface area contributed by atoms with E-state index < -0.39 is 0 Å². The number of nitrogens with one attached hydrogen (secondary N) is 1. The zero-order valence-electron chi connectivity index (χ0n) is 7.47. The second kappa shape index (κ2) is 3.98. The molecule has 0 amide bonds. The largest absolute Gasteiger partial charge is 0.478 e. The van der Waals surface area contributed by atoms with Gasteiger partial charge in [0.1, 0.15) is 6.10 Å². The first kappa shape index (κ1) is 9.49. The van der Waals surface area contributed by atoms with Crippen LogP contribution in [0.5, 0.6) is 5.06 Å². The lowest BCUT2D eigenvalue weighted by Crippen LogP contribution is -2.19. The monoisotopic (exact) mass is 261 g/mol. The number of ether oxygens (including phenoxy) is 1. The molecule has 1 N–H and O–H groups in total. The highest BCUT2D eigenvalue weighted by Crippen LogP contribution is 2.36. The summed E-state index contributed by atoms with van der Waals surface area (Å²) in [6.45, 7) is 4.14. The topological polar surface area (TPSA) is 21.3 Å². The molecule has 4 heteroatoms. The van der Waals surface area contributed by atoms with Gasteiger partial charge in [0.25, 0.3) is 0 Å². The van der Waals surface area contributed by atoms with Crippen LogP contribution in [-0.2, 0) is 0 Å². The molecular weight excluding hydrogens is 250 g/mol. The first-order valence-corrected chi connectivity index (χ1v) is 6.05. The fraction of sp³-hybridized carbons (Fsp3) is 0.556. The van der Waals surface area contributed by atoms with Gasteiger partial charge in [-0.3, -0.25) is 0 Å². The number of hydrogen-bond acceptors (Lipinski definition) is 3. The van der Waals surface area contributed by atoms with Gasteiger partial charge in [-0.2, -0.15) is 0 Å². The van der Waals surface area contributed by atoms with E-state index in [0.717, 1.165) is 29.0 Å². The van der Waals surface area contributed by atoms with Crippen LogP contribution in [0.4, 0.5) is 0 Å². The Hall–Kier alpha value is -0.0600. The summed E-state index contributed by atoms with van der Waals surface area (Å²) in [6.07, 6.45) is 1.47. The predicted octanol–water partition coefficient (Wildman–Crippen LogP) is 2.56. The molecule has 1 aliphatic rings. The van der Waals surface area contributed by atoms with Crippen LogP contribution >= 0.6 is 27.3 Å². The third-order valence-electron chi connectivity index (χ3n) is 2.16. The van der Waals surface area contributed by atoms with E-state index in [9.17, 15) is 0 Å². The molecule has 2 heterocycles. The predicted molar refractivity (Wildman–Crippen MR) is 58.7 cm³/mol. The van der Waals surface area contributed by atoms with Crippen LogP contribution in [0.25, 0.3) is 0 Å². The molecule has 1 unspecified atom stereocenters. The molecule has 2 nitrogen and oxygen atoms in total. The molecule has 1 aromatic heterocycles. The minimum absolute atomic E-state index is 0.356. The number of rotatable bonds is 2. The van der Waals surface area contributed by atoms with Crippen LogP contribution in [0, 0.1) is 6.92 Å². The molecule has 2 rings (SSSR count). The molecule has 0 saturated carbocycles. The Bertz CT molecular complexity index is 294. The lowest BCUT2D eigenvalue weighted by Gasteiger charge is -2.10. The van der Waals surface area contributed by atoms with Crippen molar-refractivity contribution in [3.8, 4) is 5.06 Å². The average Bonchev–Trinajstić information content (AvgIpc) is 2.71. The van der Waals surface area contributed by atoms with Gasteiger partial charge in [-0.05, 0) is 46.8 Å². The van der Waals surface area contributed by atoms with E-state index in [1.54, 1.807) is 11.3 Å². The third-order valence-corrected chi connectivity index (χ3v) is 4.39. The third kappa shape index (κ3) is 2.06. The maximum Gasteiger partial charge on any atom is 0.188 e. The van der Waals surface area contributed by atoms with E-state index in [2.05, 4.69) is 33.6 Å². The second-order valence-electron chi connectivity index (χ2n) is 3.25. The normalized spacial score (nSPS) is 22.2. The molecule has 0 aliphatic carbocycles. The van der Waals surface area contributed by atoms with Crippen LogP contribution in [-0.4, -0.2) is 19.2 Å². The Labute approximate surface area is 90.4 Å². The van der Waals surface area contributed by atoms with Crippen molar-refractivity contribution in [2.24, 2.45) is 0 Å². The molecule has 1 aliphatic heterocycles. The van der Waals surface area contributed by atoms with Crippen LogP contribution in [0.15, 0.2) is 9.85 Å². The van der Waals surface area contributed by atoms with E-state index >= 15 is 0 Å². The van der Waals surface area contributed by atoms with Crippen molar-refractivity contribution < 1.29 is 4.74 Å². The van der Waals surface area contributed by atoms with Gasteiger partial charge in [0.2, 0.25) is 0 Å². The van der Waals surface area contributed by atoms with Gasteiger partial charge in [-0.25, -0.2) is 0 Å². The molecule has 1 aromatic rings. The van der Waals surface area contributed by atoms with Crippen LogP contribution < -0.4 is 10.1 Å². The Balaban J connectivity index is 2.04. The van der Waals surface area contributed by atoms with Gasteiger partial charge in [-0.15, -0.1) is 11.3 Å². The maximum atomic E-state index is 5.84. The van der Waals surface area contributed by atoms with Crippen molar-refractivity contribution in [2.45, 2.75) is 19.4 Å². The molecule has 72 valence electrons. The summed E-state index contributed by atoms with van der Waals surface area (Å²) >= 11 is 5.19. The second-order valence-corrected chi connectivity index (χ2v) is 4.89. The SMILES string of the molecule is Cc1csc(OC2CCNC2)c1Br. The highest BCUT2D eigenvalue weighted by atomic mass is 79.9. The van der Waals surface area contributed by atoms with Crippen molar-refractivity contribution in [3.05, 3.63) is 15.4 Å². The van der Waals surface area contributed by atoms with Gasteiger partial charge in [0.05, 0.1) is 4.47 Å². The van der Waals surface area contributed by atoms with E-state index in [1.165, 1.54) is 5.56 Å². The molecule has 1 saturated heterocycles. The minimum Gasteiger partial charge on any atom is -0.478 e. The van der Waals surface area contributed by atoms with Crippen molar-refractivity contribution in [1.29, 1.82) is 0 Å². The highest BCUT2D eigenvalue weighted by Gasteiger charge is 2.18. The van der Waals surface area contributed by atoms with E-state index in [0.29, 0.717) is 6.10 Å². The number of thiophene rings is 1. The molecule has 13 heavy (non-hydrogen) atoms. The lowest BCUT2D eigenvalue weighted by molar-refractivity contribution is 0.229. The summed E-state index contributed by atoms with van der Waals surface area (Å²) in [5, 5.41) is 6.42. The summed E-state index contributed by atoms with van der Waals surface area (Å²) in [5.74, 6) is 0. The smallest absolute Gasteiger partial charge is 0.188 e. The fourth-order valence-electron chi connectivity index (χ4n) is 1.37. The van der Waals surface area contributed by atoms with Gasteiger partial charge in [-0.1, -0.05) is 0 Å². The summed E-state index contributed by atoms with van der Waals surface area (Å²) in [5.41, 5.74) is 1.26. The van der Waals surface area contributed by atoms with Gasteiger partial charge in [0, 0.05) is 6.54 Å². The summed E-state index contributed by atoms with van der Waals surface area (Å²) in [4.78, 5) is 0. The Morgan fingerprint density at radius 3 is 3.08 bits per heavy atom. The maximum absolute atomic E-state index is 5.84. The van der Waals surface area contributed by atoms with Gasteiger partial charge >= 0.3 is 0 Å². The summed E-state index contributed by atoms with van der Waals surface area (Å²) in [7, 11) is 0. The van der Waals surface area contributed by atoms with E-state index in [4.69, 9.17) is 4.74 Å². The number of aryl methyl sites for hydroxylation is 1. The van der Waals surface area contributed by atoms with Crippen LogP contribution in [0.3, 0.4) is 0 Å². The standard InChI is InChI=1S/C9H12BrNOS/c1-6-5-13-9(8(6)10)12-7-2-3-11-4-7/h5,7,11H,2-4H2,1H3. The fourth-order valence-corrected chi connectivity index (χ4v) is 2.86.